The number of hydrazine groups is 1. The molecule has 0 aliphatic carbocycles. The van der Waals surface area contributed by atoms with Gasteiger partial charge in [0, 0.05) is 11.8 Å². The Labute approximate surface area is 114 Å². The third-order valence-electron chi connectivity index (χ3n) is 2.31. The van der Waals surface area contributed by atoms with Gasteiger partial charge in [0.2, 0.25) is 5.95 Å². The van der Waals surface area contributed by atoms with Gasteiger partial charge in [0.1, 0.15) is 5.82 Å². The molecule has 0 amide bonds. The van der Waals surface area contributed by atoms with Crippen LogP contribution in [-0.2, 0) is 0 Å². The molecule has 18 heavy (non-hydrogen) atoms. The summed E-state index contributed by atoms with van der Waals surface area (Å²) < 4.78 is 0. The maximum Gasteiger partial charge on any atom is 0.239 e. The van der Waals surface area contributed by atoms with Crippen LogP contribution < -0.4 is 16.6 Å². The van der Waals surface area contributed by atoms with Crippen molar-refractivity contribution in [1.29, 1.82) is 0 Å². The number of halogens is 2. The smallest absolute Gasteiger partial charge is 0.239 e. The van der Waals surface area contributed by atoms with Gasteiger partial charge in [0.25, 0.3) is 0 Å². The van der Waals surface area contributed by atoms with Gasteiger partial charge < -0.3 is 5.32 Å². The average Bonchev–Trinajstić information content (AvgIpc) is 2.37. The van der Waals surface area contributed by atoms with E-state index in [1.165, 1.54) is 0 Å². The number of nitrogens with one attached hydrogen (secondary N) is 2. The van der Waals surface area contributed by atoms with E-state index in [0.717, 1.165) is 5.56 Å². The van der Waals surface area contributed by atoms with Crippen LogP contribution in [0.5, 0.6) is 0 Å². The topological polar surface area (TPSA) is 75.9 Å². The third kappa shape index (κ3) is 2.64. The highest BCUT2D eigenvalue weighted by Crippen LogP contribution is 2.31. The Morgan fingerprint density at radius 2 is 2.06 bits per heavy atom. The molecular formula is C11H11Cl2N5. The Bertz CT molecular complexity index is 573. The van der Waals surface area contributed by atoms with Crippen molar-refractivity contribution in [3.63, 3.8) is 0 Å². The first-order chi connectivity index (χ1) is 8.61. The highest BCUT2D eigenvalue weighted by atomic mass is 35.5. The predicted molar refractivity (Wildman–Crippen MR) is 74.3 cm³/mol. The van der Waals surface area contributed by atoms with Gasteiger partial charge in [0.05, 0.1) is 15.7 Å². The van der Waals surface area contributed by atoms with Crippen LogP contribution in [0.1, 0.15) is 5.56 Å². The van der Waals surface area contributed by atoms with Crippen molar-refractivity contribution in [2.45, 2.75) is 6.92 Å². The third-order valence-corrected chi connectivity index (χ3v) is 3.12. The van der Waals surface area contributed by atoms with Crippen LogP contribution in [0.2, 0.25) is 10.0 Å². The van der Waals surface area contributed by atoms with Gasteiger partial charge in [-0.1, -0.05) is 29.3 Å². The number of aryl methyl sites for hydroxylation is 1. The molecule has 1 heterocycles. The van der Waals surface area contributed by atoms with E-state index in [1.54, 1.807) is 18.3 Å². The Morgan fingerprint density at radius 3 is 2.78 bits per heavy atom. The molecule has 7 heteroatoms. The maximum atomic E-state index is 6.09. The summed E-state index contributed by atoms with van der Waals surface area (Å²) in [5, 5.41) is 4.01. The molecule has 5 nitrogen and oxygen atoms in total. The van der Waals surface area contributed by atoms with Crippen LogP contribution in [0.25, 0.3) is 0 Å². The molecule has 0 saturated heterocycles. The summed E-state index contributed by atoms with van der Waals surface area (Å²) in [6, 6.07) is 5.33. The summed E-state index contributed by atoms with van der Waals surface area (Å²) in [7, 11) is 0. The molecule has 0 fully saturated rings. The van der Waals surface area contributed by atoms with Gasteiger partial charge in [-0.05, 0) is 19.1 Å². The summed E-state index contributed by atoms with van der Waals surface area (Å²) in [5.74, 6) is 6.20. The van der Waals surface area contributed by atoms with Crippen molar-refractivity contribution in [3.05, 3.63) is 40.0 Å². The number of anilines is 3. The summed E-state index contributed by atoms with van der Waals surface area (Å²) in [6.07, 6.45) is 1.66. The number of nitrogen functional groups attached to an aromatic ring is 1. The fraction of sp³-hybridized carbons (Fsp3) is 0.0909. The lowest BCUT2D eigenvalue weighted by molar-refractivity contribution is 1.09. The number of benzene rings is 1. The molecule has 0 radical (unpaired) electrons. The zero-order valence-electron chi connectivity index (χ0n) is 9.54. The number of aromatic nitrogens is 2. The first-order valence-corrected chi connectivity index (χ1v) is 5.88. The van der Waals surface area contributed by atoms with E-state index in [4.69, 9.17) is 29.0 Å². The van der Waals surface area contributed by atoms with Crippen molar-refractivity contribution in [3.8, 4) is 0 Å². The molecule has 1 aromatic heterocycles. The lowest BCUT2D eigenvalue weighted by Crippen LogP contribution is -2.11. The van der Waals surface area contributed by atoms with E-state index in [-0.39, 0.29) is 0 Å². The Kier molecular flexibility index (Phi) is 3.86. The molecular weight excluding hydrogens is 273 g/mol. The standard InChI is InChI=1S/C11H11Cl2N5/c1-6-5-15-11(18-14)17-10(6)16-8-4-2-3-7(12)9(8)13/h2-5H,14H2,1H3,(H2,15,16,17,18). The van der Waals surface area contributed by atoms with Crippen molar-refractivity contribution in [1.82, 2.24) is 9.97 Å². The number of rotatable bonds is 3. The van der Waals surface area contributed by atoms with Crippen molar-refractivity contribution >= 4 is 40.7 Å². The minimum absolute atomic E-state index is 0.321. The van der Waals surface area contributed by atoms with Crippen LogP contribution in [-0.4, -0.2) is 9.97 Å². The predicted octanol–water partition coefficient (Wildman–Crippen LogP) is 3.12. The lowest BCUT2D eigenvalue weighted by atomic mass is 10.3. The fourth-order valence-electron chi connectivity index (χ4n) is 1.37. The number of nitrogens with two attached hydrogens (primary N) is 1. The fourth-order valence-corrected chi connectivity index (χ4v) is 1.71. The van der Waals surface area contributed by atoms with Gasteiger partial charge in [-0.2, -0.15) is 4.98 Å². The van der Waals surface area contributed by atoms with Crippen molar-refractivity contribution < 1.29 is 0 Å². The first kappa shape index (κ1) is 12.9. The van der Waals surface area contributed by atoms with Crippen molar-refractivity contribution in [2.75, 3.05) is 10.7 Å². The van der Waals surface area contributed by atoms with E-state index >= 15 is 0 Å². The van der Waals surface area contributed by atoms with Gasteiger partial charge in [-0.25, -0.2) is 10.8 Å². The highest BCUT2D eigenvalue weighted by Gasteiger charge is 2.08. The van der Waals surface area contributed by atoms with Crippen LogP contribution in [0.3, 0.4) is 0 Å². The molecule has 94 valence electrons. The monoisotopic (exact) mass is 283 g/mol. The summed E-state index contributed by atoms with van der Waals surface area (Å²) in [6.45, 7) is 1.88. The second kappa shape index (κ2) is 5.39. The summed E-state index contributed by atoms with van der Waals surface area (Å²) in [5.41, 5.74) is 3.93. The average molecular weight is 284 g/mol. The Balaban J connectivity index is 2.36. The van der Waals surface area contributed by atoms with E-state index in [1.807, 2.05) is 13.0 Å². The molecule has 0 bridgehead atoms. The molecule has 1 aromatic carbocycles. The molecule has 0 atom stereocenters. The molecule has 0 aliphatic heterocycles. The largest absolute Gasteiger partial charge is 0.339 e. The second-order valence-electron chi connectivity index (χ2n) is 3.60. The quantitative estimate of drug-likeness (QED) is 0.596. The van der Waals surface area contributed by atoms with Crippen LogP contribution >= 0.6 is 23.2 Å². The van der Waals surface area contributed by atoms with E-state index in [9.17, 15) is 0 Å². The summed E-state index contributed by atoms with van der Waals surface area (Å²) >= 11 is 12.0. The lowest BCUT2D eigenvalue weighted by Gasteiger charge is -2.11. The summed E-state index contributed by atoms with van der Waals surface area (Å²) in [4.78, 5) is 8.19. The SMILES string of the molecule is Cc1cnc(NN)nc1Nc1cccc(Cl)c1Cl. The maximum absolute atomic E-state index is 6.09. The van der Waals surface area contributed by atoms with Gasteiger partial charge >= 0.3 is 0 Å². The number of nitrogens with zero attached hydrogens (tertiary/aromatic N) is 2. The second-order valence-corrected chi connectivity index (χ2v) is 4.38. The zero-order chi connectivity index (χ0) is 13.1. The molecule has 0 unspecified atom stereocenters. The first-order valence-electron chi connectivity index (χ1n) is 5.13. The molecule has 0 saturated carbocycles. The molecule has 0 aliphatic rings. The van der Waals surface area contributed by atoms with E-state index < -0.39 is 0 Å². The van der Waals surface area contributed by atoms with Crippen LogP contribution in [0.4, 0.5) is 17.5 Å². The van der Waals surface area contributed by atoms with Crippen LogP contribution in [0.15, 0.2) is 24.4 Å². The highest BCUT2D eigenvalue weighted by molar-refractivity contribution is 6.43. The molecule has 4 N–H and O–H groups in total. The molecule has 0 spiro atoms. The molecule has 2 aromatic rings. The number of hydrogen-bond acceptors (Lipinski definition) is 5. The van der Waals surface area contributed by atoms with Gasteiger partial charge in [-0.3, -0.25) is 5.43 Å². The number of hydrogen-bond donors (Lipinski definition) is 3. The minimum Gasteiger partial charge on any atom is -0.339 e. The van der Waals surface area contributed by atoms with E-state index in [0.29, 0.717) is 27.5 Å². The van der Waals surface area contributed by atoms with Crippen LogP contribution in [0, 0.1) is 6.92 Å². The Hall–Kier alpha value is -1.56. The van der Waals surface area contributed by atoms with E-state index in [2.05, 4.69) is 20.7 Å². The minimum atomic E-state index is 0.321. The normalized spacial score (nSPS) is 10.2. The zero-order valence-corrected chi connectivity index (χ0v) is 11.0. The molecule has 2 rings (SSSR count). The van der Waals surface area contributed by atoms with Crippen molar-refractivity contribution in [2.24, 2.45) is 5.84 Å². The Morgan fingerprint density at radius 1 is 1.28 bits per heavy atom. The van der Waals surface area contributed by atoms with Gasteiger partial charge in [-0.15, -0.1) is 0 Å². The van der Waals surface area contributed by atoms with Gasteiger partial charge in [0.15, 0.2) is 0 Å².